The number of hydrogen-bond donors (Lipinski definition) is 3. The van der Waals surface area contributed by atoms with Gasteiger partial charge < -0.3 is 25.4 Å². The van der Waals surface area contributed by atoms with Crippen molar-refractivity contribution in [2.75, 3.05) is 33.3 Å². The van der Waals surface area contributed by atoms with Crippen LogP contribution in [0.1, 0.15) is 75.8 Å². The number of ether oxygens (including phenoxy) is 1. The van der Waals surface area contributed by atoms with Gasteiger partial charge in [0.05, 0.1) is 12.7 Å². The summed E-state index contributed by atoms with van der Waals surface area (Å²) in [6, 6.07) is 13.1. The number of halogens is 1. The van der Waals surface area contributed by atoms with Gasteiger partial charge in [-0.3, -0.25) is 4.79 Å². The topological polar surface area (TPSA) is 90.9 Å². The molecule has 0 aromatic heterocycles. The molecule has 0 radical (unpaired) electrons. The number of rotatable bonds is 11. The number of nitrogens with one attached hydrogen (secondary N) is 2. The Labute approximate surface area is 243 Å². The van der Waals surface area contributed by atoms with Crippen LogP contribution in [0.5, 0.6) is 0 Å². The molecule has 8 heteroatoms. The molecule has 3 N–H and O–H groups in total. The molecule has 3 atom stereocenters. The second-order valence-corrected chi connectivity index (χ2v) is 11.5. The number of piperidine rings is 2. The van der Waals surface area contributed by atoms with E-state index >= 15 is 4.39 Å². The van der Waals surface area contributed by atoms with Gasteiger partial charge in [-0.2, -0.15) is 0 Å². The average Bonchev–Trinajstić information content (AvgIpc) is 3.02. The first-order valence-corrected chi connectivity index (χ1v) is 15.3. The Morgan fingerprint density at radius 2 is 2.00 bits per heavy atom. The molecule has 1 unspecified atom stereocenters. The molecule has 0 bridgehead atoms. The monoisotopic (exact) mass is 567 g/mol. The van der Waals surface area contributed by atoms with Crippen molar-refractivity contribution in [2.24, 2.45) is 5.92 Å². The van der Waals surface area contributed by atoms with Crippen LogP contribution in [-0.2, 0) is 21.6 Å². The van der Waals surface area contributed by atoms with Gasteiger partial charge in [-0.05, 0) is 80.7 Å². The van der Waals surface area contributed by atoms with Gasteiger partial charge in [-0.1, -0.05) is 49.7 Å². The molecule has 41 heavy (non-hydrogen) atoms. The Balaban J connectivity index is 1.61. The fourth-order valence-corrected chi connectivity index (χ4v) is 6.52. The van der Waals surface area contributed by atoms with Gasteiger partial charge in [0.1, 0.15) is 5.82 Å². The first-order valence-electron chi connectivity index (χ1n) is 15.3. The minimum atomic E-state index is -1.40. The number of aryl methyl sites for hydroxylation is 1. The van der Waals surface area contributed by atoms with Crippen LogP contribution in [0.4, 0.5) is 9.18 Å². The molecule has 2 fully saturated rings. The van der Waals surface area contributed by atoms with Crippen LogP contribution in [0.25, 0.3) is 11.1 Å². The van der Waals surface area contributed by atoms with E-state index in [1.807, 2.05) is 35.2 Å². The van der Waals surface area contributed by atoms with E-state index in [4.69, 9.17) is 4.74 Å². The predicted octanol–water partition coefficient (Wildman–Crippen LogP) is 5.54. The zero-order valence-electron chi connectivity index (χ0n) is 24.6. The van der Waals surface area contributed by atoms with Crippen LogP contribution in [0.3, 0.4) is 0 Å². The molecule has 0 spiro atoms. The van der Waals surface area contributed by atoms with E-state index in [0.29, 0.717) is 56.1 Å². The summed E-state index contributed by atoms with van der Waals surface area (Å²) in [4.78, 5) is 26.9. The highest BCUT2D eigenvalue weighted by molar-refractivity contribution is 5.76. The average molecular weight is 568 g/mol. The minimum absolute atomic E-state index is 0.117. The van der Waals surface area contributed by atoms with Gasteiger partial charge in [-0.25, -0.2) is 9.18 Å². The van der Waals surface area contributed by atoms with Gasteiger partial charge in [0, 0.05) is 43.6 Å². The number of hydrogen-bond acceptors (Lipinski definition) is 5. The Hall–Kier alpha value is -2.97. The van der Waals surface area contributed by atoms with Gasteiger partial charge >= 0.3 is 6.09 Å². The molecule has 4 rings (SSSR count). The molecule has 0 saturated carbocycles. The molecule has 7 nitrogen and oxygen atoms in total. The normalized spacial score (nSPS) is 20.7. The lowest BCUT2D eigenvalue weighted by Gasteiger charge is -2.44. The van der Waals surface area contributed by atoms with Crippen molar-refractivity contribution < 1.29 is 23.8 Å². The van der Waals surface area contributed by atoms with Crippen molar-refractivity contribution in [2.45, 2.75) is 82.8 Å². The molecule has 2 amide bonds. The predicted molar refractivity (Wildman–Crippen MR) is 159 cm³/mol. The number of alkyl carbamates (subject to hydrolysis) is 1. The summed E-state index contributed by atoms with van der Waals surface area (Å²) >= 11 is 0. The van der Waals surface area contributed by atoms with E-state index in [1.165, 1.54) is 26.0 Å². The molecule has 2 saturated heterocycles. The maximum Gasteiger partial charge on any atom is 0.406 e. The number of aliphatic hydroxyl groups is 1. The number of likely N-dealkylation sites (tertiary alicyclic amines) is 1. The van der Waals surface area contributed by atoms with Crippen LogP contribution in [-0.4, -0.2) is 61.3 Å². The molecule has 2 aromatic carbocycles. The first-order chi connectivity index (χ1) is 19.9. The maximum absolute atomic E-state index is 15.6. The highest BCUT2D eigenvalue weighted by atomic mass is 19.1. The zero-order valence-corrected chi connectivity index (χ0v) is 24.6. The van der Waals surface area contributed by atoms with E-state index in [-0.39, 0.29) is 17.6 Å². The molecular weight excluding hydrogens is 521 g/mol. The Morgan fingerprint density at radius 3 is 2.76 bits per heavy atom. The van der Waals surface area contributed by atoms with Crippen molar-refractivity contribution in [3.05, 3.63) is 59.4 Å². The number of amides is 2. The fourth-order valence-electron chi connectivity index (χ4n) is 6.52. The van der Waals surface area contributed by atoms with Crippen molar-refractivity contribution in [3.8, 4) is 11.1 Å². The highest BCUT2D eigenvalue weighted by Gasteiger charge is 2.43. The summed E-state index contributed by atoms with van der Waals surface area (Å²) in [5.74, 6) is -0.543. The zero-order chi connectivity index (χ0) is 29.2. The molecule has 0 aliphatic carbocycles. The van der Waals surface area contributed by atoms with Gasteiger partial charge in [-0.15, -0.1) is 0 Å². The van der Waals surface area contributed by atoms with Crippen LogP contribution in [0.2, 0.25) is 0 Å². The highest BCUT2D eigenvalue weighted by Crippen LogP contribution is 2.44. The van der Waals surface area contributed by atoms with Crippen LogP contribution < -0.4 is 10.6 Å². The van der Waals surface area contributed by atoms with Gasteiger partial charge in [0.15, 0.2) is 0 Å². The van der Waals surface area contributed by atoms with Crippen molar-refractivity contribution in [1.29, 1.82) is 0 Å². The minimum Gasteiger partial charge on any atom is -0.453 e. The number of carbonyl (C=O) groups excluding carboxylic acids is 2. The standard InChI is InChI=1S/C33H46FN3O4/c1-3-24-10-6-11-25(22-24)31-28(14-7-15-29(31)34)33(40,18-9-20-36-32(39)41-2)26-12-8-21-37(23-26)30(38)17-16-27-13-4-5-19-35-27/h6-7,10-11,14-15,22,26-27,35,40H,3-5,8-9,12-13,16-21,23H2,1-2H3,(H,36,39)/t26-,27?,33+/m1/s1. The van der Waals surface area contributed by atoms with E-state index in [9.17, 15) is 14.7 Å². The molecule has 224 valence electrons. The maximum atomic E-state index is 15.6. The number of methoxy groups -OCH3 is 1. The van der Waals surface area contributed by atoms with E-state index in [0.717, 1.165) is 49.8 Å². The lowest BCUT2D eigenvalue weighted by molar-refractivity contribution is -0.137. The summed E-state index contributed by atoms with van der Waals surface area (Å²) in [6.07, 6.45) is 7.37. The van der Waals surface area contributed by atoms with E-state index < -0.39 is 11.7 Å². The van der Waals surface area contributed by atoms with Crippen LogP contribution in [0, 0.1) is 11.7 Å². The van der Waals surface area contributed by atoms with Crippen LogP contribution >= 0.6 is 0 Å². The largest absolute Gasteiger partial charge is 0.453 e. The lowest BCUT2D eigenvalue weighted by atomic mass is 9.72. The van der Waals surface area contributed by atoms with Crippen molar-refractivity contribution in [1.82, 2.24) is 15.5 Å². The van der Waals surface area contributed by atoms with Gasteiger partial charge in [0.2, 0.25) is 5.91 Å². The molecule has 2 aromatic rings. The molecule has 2 aliphatic rings. The third-order valence-electron chi connectivity index (χ3n) is 8.86. The molecule has 2 heterocycles. The molecule has 2 aliphatic heterocycles. The Kier molecular flexibility index (Phi) is 11.2. The molecular formula is C33H46FN3O4. The van der Waals surface area contributed by atoms with Crippen LogP contribution in [0.15, 0.2) is 42.5 Å². The van der Waals surface area contributed by atoms with Gasteiger partial charge in [0.25, 0.3) is 0 Å². The Bertz CT molecular complexity index is 1170. The second-order valence-electron chi connectivity index (χ2n) is 11.5. The Morgan fingerprint density at radius 1 is 1.17 bits per heavy atom. The smallest absolute Gasteiger partial charge is 0.406 e. The third-order valence-corrected chi connectivity index (χ3v) is 8.86. The summed E-state index contributed by atoms with van der Waals surface area (Å²) in [5, 5.41) is 18.8. The third kappa shape index (κ3) is 7.86. The summed E-state index contributed by atoms with van der Waals surface area (Å²) < 4.78 is 20.3. The van der Waals surface area contributed by atoms with Crippen molar-refractivity contribution in [3.63, 3.8) is 0 Å². The summed E-state index contributed by atoms with van der Waals surface area (Å²) in [5.41, 5.74) is 1.35. The SMILES string of the molecule is CCc1cccc(-c2c(F)cccc2[C@](O)(CCCNC(=O)OC)[C@@H]2CCCN(C(=O)CCC3CCCCN3)C2)c1. The summed E-state index contributed by atoms with van der Waals surface area (Å²) in [6.45, 7) is 4.48. The van der Waals surface area contributed by atoms with Crippen molar-refractivity contribution >= 4 is 12.0 Å². The first kappa shape index (κ1) is 31.0. The number of benzene rings is 2. The second kappa shape index (κ2) is 14.8. The fraction of sp³-hybridized carbons (Fsp3) is 0.576. The van der Waals surface area contributed by atoms with E-state index in [2.05, 4.69) is 17.6 Å². The summed E-state index contributed by atoms with van der Waals surface area (Å²) in [7, 11) is 1.31. The quantitative estimate of drug-likeness (QED) is 0.310. The number of carbonyl (C=O) groups is 2. The van der Waals surface area contributed by atoms with E-state index in [1.54, 1.807) is 6.07 Å². The lowest BCUT2D eigenvalue weighted by Crippen LogP contribution is -2.49. The number of nitrogens with zero attached hydrogens (tertiary/aromatic N) is 1.